The van der Waals surface area contributed by atoms with Gasteiger partial charge in [-0.05, 0) is 84.1 Å². The summed E-state index contributed by atoms with van der Waals surface area (Å²) in [5.41, 5.74) is 0.578. The number of nitrogens with zero attached hydrogens (tertiary/aromatic N) is 3. The minimum atomic E-state index is -1.77. The van der Waals surface area contributed by atoms with Crippen LogP contribution in [0.25, 0.3) is 0 Å². The molecule has 1 saturated carbocycles. The minimum Gasteiger partial charge on any atom is -0.497 e. The van der Waals surface area contributed by atoms with E-state index in [-0.39, 0.29) is 29.4 Å². The number of aliphatic hydroxyl groups is 1. The number of carbonyl (C=O) groups is 2. The summed E-state index contributed by atoms with van der Waals surface area (Å²) in [6.45, 7) is 0. The van der Waals surface area contributed by atoms with Gasteiger partial charge in [0.05, 0.1) is 25.8 Å². The Morgan fingerprint density at radius 1 is 0.667 bits per heavy atom. The van der Waals surface area contributed by atoms with Gasteiger partial charge in [0.1, 0.15) is 28.5 Å². The SMILES string of the molecule is COc1ccc([C@H]2[C@@H](C(=O)c3ccccn3)[C@@H](c3ccc(OC)cc3)C[C@@](O)(c3ccccn3)[C@@H]2C(=O)c2ccccn2)cc1. The first-order valence-corrected chi connectivity index (χ1v) is 14.8. The van der Waals surface area contributed by atoms with Crippen LogP contribution in [0.2, 0.25) is 0 Å². The van der Waals surface area contributed by atoms with Crippen molar-refractivity contribution in [2.24, 2.45) is 11.8 Å². The number of Topliss-reactive ketones (excluding diaryl/α,β-unsaturated/α-hetero) is 2. The summed E-state index contributed by atoms with van der Waals surface area (Å²) in [5, 5.41) is 13.0. The Morgan fingerprint density at radius 2 is 1.18 bits per heavy atom. The van der Waals surface area contributed by atoms with E-state index in [9.17, 15) is 14.7 Å². The maximum Gasteiger partial charge on any atom is 0.188 e. The van der Waals surface area contributed by atoms with Gasteiger partial charge in [-0.25, -0.2) is 0 Å². The number of aromatic nitrogens is 3. The highest BCUT2D eigenvalue weighted by atomic mass is 16.5. The Kier molecular flexibility index (Phi) is 8.49. The lowest BCUT2D eigenvalue weighted by molar-refractivity contribution is -0.0722. The van der Waals surface area contributed by atoms with Crippen LogP contribution in [0.15, 0.2) is 122 Å². The van der Waals surface area contributed by atoms with Crippen LogP contribution in [0.5, 0.6) is 11.5 Å². The largest absolute Gasteiger partial charge is 0.497 e. The minimum absolute atomic E-state index is 0.0511. The summed E-state index contributed by atoms with van der Waals surface area (Å²) in [7, 11) is 3.17. The van der Waals surface area contributed by atoms with Crippen LogP contribution in [-0.4, -0.2) is 45.8 Å². The maximum absolute atomic E-state index is 14.7. The van der Waals surface area contributed by atoms with Crippen molar-refractivity contribution in [3.63, 3.8) is 0 Å². The molecule has 1 aliphatic carbocycles. The lowest BCUT2D eigenvalue weighted by Crippen LogP contribution is -2.54. The molecule has 0 spiro atoms. The molecule has 1 aliphatic rings. The number of benzene rings is 2. The average Bonchev–Trinajstić information content (AvgIpc) is 3.12. The van der Waals surface area contributed by atoms with Crippen molar-refractivity contribution in [1.29, 1.82) is 0 Å². The number of rotatable bonds is 9. The molecule has 8 heteroatoms. The first-order valence-electron chi connectivity index (χ1n) is 14.8. The molecule has 3 aromatic heterocycles. The highest BCUT2D eigenvalue weighted by molar-refractivity contribution is 6.01. The number of methoxy groups -OCH3 is 2. The van der Waals surface area contributed by atoms with Crippen molar-refractivity contribution in [2.75, 3.05) is 14.2 Å². The molecular formula is C37H33N3O5. The Bertz CT molecular complexity index is 1750. The van der Waals surface area contributed by atoms with Crippen molar-refractivity contribution in [2.45, 2.75) is 23.9 Å². The van der Waals surface area contributed by atoms with E-state index in [1.807, 2.05) is 36.4 Å². The third-order valence-electron chi connectivity index (χ3n) is 8.80. The zero-order valence-corrected chi connectivity index (χ0v) is 25.0. The van der Waals surface area contributed by atoms with E-state index in [2.05, 4.69) is 15.0 Å². The number of pyridine rings is 3. The number of ether oxygens (including phenoxy) is 2. The van der Waals surface area contributed by atoms with E-state index < -0.39 is 29.3 Å². The molecular weight excluding hydrogens is 566 g/mol. The first-order chi connectivity index (χ1) is 21.9. The molecule has 45 heavy (non-hydrogen) atoms. The highest BCUT2D eigenvalue weighted by Crippen LogP contribution is 2.58. The number of carbonyl (C=O) groups excluding carboxylic acids is 2. The molecule has 2 aromatic carbocycles. The van der Waals surface area contributed by atoms with Crippen LogP contribution < -0.4 is 9.47 Å². The first kappa shape index (κ1) is 29.8. The van der Waals surface area contributed by atoms with E-state index in [0.717, 1.165) is 5.56 Å². The van der Waals surface area contributed by atoms with Crippen LogP contribution in [0.3, 0.4) is 0 Å². The van der Waals surface area contributed by atoms with Gasteiger partial charge in [0.2, 0.25) is 0 Å². The van der Waals surface area contributed by atoms with Crippen molar-refractivity contribution >= 4 is 11.6 Å². The molecule has 1 N–H and O–H groups in total. The van der Waals surface area contributed by atoms with E-state index in [0.29, 0.717) is 22.8 Å². The molecule has 5 aromatic rings. The molecule has 8 nitrogen and oxygen atoms in total. The van der Waals surface area contributed by atoms with Crippen molar-refractivity contribution in [3.8, 4) is 11.5 Å². The van der Waals surface area contributed by atoms with Crippen molar-refractivity contribution in [1.82, 2.24) is 15.0 Å². The summed E-state index contributed by atoms with van der Waals surface area (Å²) >= 11 is 0. The standard InChI is InChI=1S/C37H33N3O5/c1-44-26-16-12-24(13-17-26)28-23-37(43,31-11-5-8-22-40-31)34(36(42)30-10-4-7-21-39-30)32(25-14-18-27(45-2)19-15-25)33(28)35(41)29-9-3-6-20-38-29/h3-22,28,32-34,43H,23H2,1-2H3/t28-,32+,33+,34+,37-/m1/s1. The lowest BCUT2D eigenvalue weighted by Gasteiger charge is -2.50. The van der Waals surface area contributed by atoms with Gasteiger partial charge in [-0.3, -0.25) is 24.5 Å². The fourth-order valence-electron chi connectivity index (χ4n) is 6.70. The molecule has 0 amide bonds. The quantitative estimate of drug-likeness (QED) is 0.204. The van der Waals surface area contributed by atoms with Crippen LogP contribution >= 0.6 is 0 Å². The highest BCUT2D eigenvalue weighted by Gasteiger charge is 2.59. The Hall–Kier alpha value is -5.21. The van der Waals surface area contributed by atoms with Gasteiger partial charge in [-0.15, -0.1) is 0 Å². The summed E-state index contributed by atoms with van der Waals surface area (Å²) in [4.78, 5) is 42.8. The predicted octanol–water partition coefficient (Wildman–Crippen LogP) is 6.05. The van der Waals surface area contributed by atoms with Gasteiger partial charge < -0.3 is 14.6 Å². The molecule has 226 valence electrons. The fourth-order valence-corrected chi connectivity index (χ4v) is 6.70. The zero-order chi connectivity index (χ0) is 31.4. The summed E-state index contributed by atoms with van der Waals surface area (Å²) in [6.07, 6.45) is 4.79. The van der Waals surface area contributed by atoms with Crippen molar-refractivity contribution in [3.05, 3.63) is 150 Å². The topological polar surface area (TPSA) is 112 Å². The van der Waals surface area contributed by atoms with E-state index in [1.54, 1.807) is 99.5 Å². The third-order valence-corrected chi connectivity index (χ3v) is 8.80. The fraction of sp³-hybridized carbons (Fsp3) is 0.216. The monoisotopic (exact) mass is 599 g/mol. The van der Waals surface area contributed by atoms with Crippen LogP contribution in [0.1, 0.15) is 56.1 Å². The second kappa shape index (κ2) is 12.8. The van der Waals surface area contributed by atoms with Gasteiger partial charge in [-0.1, -0.05) is 42.5 Å². The van der Waals surface area contributed by atoms with Crippen LogP contribution in [0.4, 0.5) is 0 Å². The van der Waals surface area contributed by atoms with Gasteiger partial charge in [0.15, 0.2) is 11.6 Å². The van der Waals surface area contributed by atoms with E-state index in [4.69, 9.17) is 9.47 Å². The third kappa shape index (κ3) is 5.72. The smallest absolute Gasteiger partial charge is 0.188 e. The zero-order valence-electron chi connectivity index (χ0n) is 25.0. The Balaban J connectivity index is 1.64. The molecule has 3 heterocycles. The predicted molar refractivity (Wildman–Crippen MR) is 168 cm³/mol. The molecule has 0 saturated heterocycles. The number of ketones is 2. The van der Waals surface area contributed by atoms with Gasteiger partial charge in [0, 0.05) is 30.4 Å². The molecule has 0 radical (unpaired) electrons. The molecule has 6 rings (SSSR count). The Morgan fingerprint density at radius 3 is 1.67 bits per heavy atom. The average molecular weight is 600 g/mol. The molecule has 5 atom stereocenters. The Labute approximate surface area is 261 Å². The summed E-state index contributed by atoms with van der Waals surface area (Å²) in [6, 6.07) is 30.4. The van der Waals surface area contributed by atoms with E-state index in [1.165, 1.54) is 0 Å². The molecule has 0 unspecified atom stereocenters. The van der Waals surface area contributed by atoms with Gasteiger partial charge >= 0.3 is 0 Å². The molecule has 0 bridgehead atoms. The van der Waals surface area contributed by atoms with Crippen molar-refractivity contribution < 1.29 is 24.2 Å². The number of hydrogen-bond acceptors (Lipinski definition) is 8. The van der Waals surface area contributed by atoms with Gasteiger partial charge in [0.25, 0.3) is 0 Å². The lowest BCUT2D eigenvalue weighted by atomic mass is 9.53. The summed E-state index contributed by atoms with van der Waals surface area (Å²) in [5.74, 6) is -2.55. The van der Waals surface area contributed by atoms with Crippen LogP contribution in [-0.2, 0) is 5.60 Å². The normalized spacial score (nSPS) is 22.7. The summed E-state index contributed by atoms with van der Waals surface area (Å²) < 4.78 is 10.9. The maximum atomic E-state index is 14.7. The second-order valence-corrected chi connectivity index (χ2v) is 11.2. The molecule has 0 aliphatic heterocycles. The second-order valence-electron chi connectivity index (χ2n) is 11.2. The van der Waals surface area contributed by atoms with E-state index >= 15 is 0 Å². The molecule has 1 fully saturated rings. The van der Waals surface area contributed by atoms with Crippen LogP contribution in [0, 0.1) is 11.8 Å². The number of hydrogen-bond donors (Lipinski definition) is 1. The van der Waals surface area contributed by atoms with Gasteiger partial charge in [-0.2, -0.15) is 0 Å².